The maximum atomic E-state index is 12.6. The Balaban J connectivity index is 1.31. The third-order valence-corrected chi connectivity index (χ3v) is 4.93. The van der Waals surface area contributed by atoms with E-state index < -0.39 is 0 Å². The summed E-state index contributed by atoms with van der Waals surface area (Å²) in [6.45, 7) is 2.36. The molecule has 9 heteroatoms. The molecule has 0 bridgehead atoms. The van der Waals surface area contributed by atoms with Crippen LogP contribution in [0.25, 0.3) is 21.9 Å². The Kier molecular flexibility index (Phi) is 4.83. The van der Waals surface area contributed by atoms with Crippen molar-refractivity contribution in [3.63, 3.8) is 0 Å². The molecular formula is C22H19N7O2. The minimum Gasteiger partial charge on any atom is -0.335 e. The van der Waals surface area contributed by atoms with E-state index in [0.717, 1.165) is 23.1 Å². The molecule has 0 fully saturated rings. The van der Waals surface area contributed by atoms with Gasteiger partial charge in [0.15, 0.2) is 0 Å². The van der Waals surface area contributed by atoms with Gasteiger partial charge in [-0.15, -0.1) is 5.10 Å². The molecule has 0 radical (unpaired) electrons. The van der Waals surface area contributed by atoms with E-state index in [0.29, 0.717) is 35.6 Å². The second-order valence-electron chi connectivity index (χ2n) is 7.15. The molecule has 3 aromatic heterocycles. The van der Waals surface area contributed by atoms with Crippen LogP contribution in [-0.4, -0.2) is 34.7 Å². The van der Waals surface area contributed by atoms with Gasteiger partial charge in [0.25, 0.3) is 11.4 Å². The second kappa shape index (κ2) is 7.94. The number of aromatic nitrogens is 7. The summed E-state index contributed by atoms with van der Waals surface area (Å²) < 4.78 is 1.63. The highest BCUT2D eigenvalue weighted by molar-refractivity contribution is 5.76. The van der Waals surface area contributed by atoms with E-state index in [2.05, 4.69) is 25.3 Å². The average Bonchev–Trinajstić information content (AvgIpc) is 3.18. The molecule has 0 atom stereocenters. The lowest BCUT2D eigenvalue weighted by Crippen LogP contribution is -2.21. The van der Waals surface area contributed by atoms with Gasteiger partial charge in [-0.25, -0.2) is 9.97 Å². The fourth-order valence-electron chi connectivity index (χ4n) is 3.47. The van der Waals surface area contributed by atoms with Gasteiger partial charge < -0.3 is 4.84 Å². The van der Waals surface area contributed by atoms with Gasteiger partial charge in [-0.1, -0.05) is 29.1 Å². The van der Waals surface area contributed by atoms with Crippen LogP contribution in [0.2, 0.25) is 0 Å². The van der Waals surface area contributed by atoms with E-state index in [1.54, 1.807) is 23.0 Å². The van der Waals surface area contributed by atoms with Gasteiger partial charge in [0.1, 0.15) is 16.9 Å². The first kappa shape index (κ1) is 18.9. The molecule has 0 aliphatic carbocycles. The van der Waals surface area contributed by atoms with Crippen molar-refractivity contribution in [2.24, 2.45) is 0 Å². The molecule has 0 saturated carbocycles. The van der Waals surface area contributed by atoms with Gasteiger partial charge >= 0.3 is 0 Å². The highest BCUT2D eigenvalue weighted by Gasteiger charge is 2.09. The van der Waals surface area contributed by atoms with Crippen LogP contribution in [0, 0.1) is 6.92 Å². The van der Waals surface area contributed by atoms with E-state index in [1.807, 2.05) is 49.4 Å². The van der Waals surface area contributed by atoms with Gasteiger partial charge in [0, 0.05) is 18.3 Å². The van der Waals surface area contributed by atoms with Crippen LogP contribution < -0.4 is 10.4 Å². The highest BCUT2D eigenvalue weighted by Crippen LogP contribution is 2.15. The summed E-state index contributed by atoms with van der Waals surface area (Å²) in [6, 6.07) is 16.7. The van der Waals surface area contributed by atoms with Crippen molar-refractivity contribution < 1.29 is 4.84 Å². The zero-order chi connectivity index (χ0) is 21.2. The summed E-state index contributed by atoms with van der Waals surface area (Å²) in [4.78, 5) is 33.0. The maximum absolute atomic E-state index is 12.6. The molecule has 3 heterocycles. The summed E-state index contributed by atoms with van der Waals surface area (Å²) in [5.41, 5.74) is 2.99. The van der Waals surface area contributed by atoms with Crippen LogP contribution in [0.3, 0.4) is 0 Å². The number of hydrogen-bond donors (Lipinski definition) is 0. The fourth-order valence-corrected chi connectivity index (χ4v) is 3.47. The van der Waals surface area contributed by atoms with Crippen LogP contribution in [-0.2, 0) is 13.0 Å². The zero-order valence-electron chi connectivity index (χ0n) is 16.8. The largest absolute Gasteiger partial charge is 0.335 e. The van der Waals surface area contributed by atoms with Gasteiger partial charge in [-0.2, -0.15) is 4.98 Å². The first-order chi connectivity index (χ1) is 15.2. The third-order valence-electron chi connectivity index (χ3n) is 4.93. The Morgan fingerprint density at radius 2 is 1.81 bits per heavy atom. The van der Waals surface area contributed by atoms with Crippen molar-refractivity contribution in [3.05, 3.63) is 82.8 Å². The number of fused-ring (bicyclic) bond motifs is 2. The lowest BCUT2D eigenvalue weighted by molar-refractivity contribution is 0.175. The van der Waals surface area contributed by atoms with E-state index in [1.165, 1.54) is 4.85 Å². The highest BCUT2D eigenvalue weighted by atomic mass is 16.7. The Bertz CT molecular complexity index is 1440. The van der Waals surface area contributed by atoms with Gasteiger partial charge in [0.2, 0.25) is 0 Å². The molecular weight excluding hydrogens is 394 g/mol. The van der Waals surface area contributed by atoms with Crippen molar-refractivity contribution in [1.29, 1.82) is 0 Å². The first-order valence-electron chi connectivity index (χ1n) is 9.95. The predicted octanol–water partition coefficient (Wildman–Crippen LogP) is 2.71. The minimum atomic E-state index is -0.0356. The molecule has 0 N–H and O–H groups in total. The van der Waals surface area contributed by atoms with Crippen molar-refractivity contribution in [1.82, 2.24) is 34.7 Å². The van der Waals surface area contributed by atoms with Crippen molar-refractivity contribution in [3.8, 4) is 5.88 Å². The molecule has 5 rings (SSSR count). The lowest BCUT2D eigenvalue weighted by atomic mass is 10.2. The molecule has 0 spiro atoms. The smallest absolute Gasteiger partial charge is 0.261 e. The lowest BCUT2D eigenvalue weighted by Gasteiger charge is -2.08. The monoisotopic (exact) mass is 413 g/mol. The maximum Gasteiger partial charge on any atom is 0.261 e. The molecule has 0 amide bonds. The Morgan fingerprint density at radius 3 is 2.71 bits per heavy atom. The zero-order valence-corrected chi connectivity index (χ0v) is 16.8. The molecule has 9 nitrogen and oxygen atoms in total. The molecule has 0 aliphatic rings. The van der Waals surface area contributed by atoms with Crippen LogP contribution >= 0.6 is 0 Å². The Hall–Kier alpha value is -4.14. The van der Waals surface area contributed by atoms with Crippen molar-refractivity contribution in [2.45, 2.75) is 26.3 Å². The Morgan fingerprint density at radius 1 is 1.00 bits per heavy atom. The van der Waals surface area contributed by atoms with Crippen LogP contribution in [0.5, 0.6) is 5.88 Å². The van der Waals surface area contributed by atoms with Crippen LogP contribution in [0.15, 0.2) is 65.7 Å². The number of benzene rings is 2. The molecule has 0 saturated heterocycles. The summed E-state index contributed by atoms with van der Waals surface area (Å²) in [5.74, 6) is 0.990. The SMILES string of the molecule is Cc1nc(CCCn2cnc3ccccc3c2=O)cc(On2nnc3ccccc32)n1. The topological polar surface area (TPSA) is 101 Å². The molecule has 5 aromatic rings. The van der Waals surface area contributed by atoms with E-state index in [9.17, 15) is 4.79 Å². The number of hydrogen-bond acceptors (Lipinski definition) is 7. The first-order valence-corrected chi connectivity index (χ1v) is 9.95. The minimum absolute atomic E-state index is 0.0356. The number of nitrogens with zero attached hydrogens (tertiary/aromatic N) is 7. The number of rotatable bonds is 6. The predicted molar refractivity (Wildman–Crippen MR) is 115 cm³/mol. The quantitative estimate of drug-likeness (QED) is 0.422. The third kappa shape index (κ3) is 3.85. The van der Waals surface area contributed by atoms with E-state index in [4.69, 9.17) is 4.84 Å². The second-order valence-corrected chi connectivity index (χ2v) is 7.15. The molecule has 2 aromatic carbocycles. The molecule has 31 heavy (non-hydrogen) atoms. The molecule has 0 aliphatic heterocycles. The van der Waals surface area contributed by atoms with E-state index >= 15 is 0 Å². The summed E-state index contributed by atoms with van der Waals surface area (Å²) in [6.07, 6.45) is 2.99. The summed E-state index contributed by atoms with van der Waals surface area (Å²) in [7, 11) is 0. The number of para-hydroxylation sites is 2. The number of aryl methyl sites for hydroxylation is 3. The van der Waals surface area contributed by atoms with Gasteiger partial charge in [-0.3, -0.25) is 9.36 Å². The average molecular weight is 413 g/mol. The molecule has 154 valence electrons. The normalized spacial score (nSPS) is 11.3. The summed E-state index contributed by atoms with van der Waals surface area (Å²) in [5, 5.41) is 8.73. The molecule has 0 unspecified atom stereocenters. The van der Waals surface area contributed by atoms with Crippen molar-refractivity contribution in [2.75, 3.05) is 0 Å². The van der Waals surface area contributed by atoms with Crippen LogP contribution in [0.4, 0.5) is 0 Å². The van der Waals surface area contributed by atoms with Gasteiger partial charge in [-0.05, 0) is 49.2 Å². The Labute approximate surface area is 176 Å². The fraction of sp³-hybridized carbons (Fsp3) is 0.182. The van der Waals surface area contributed by atoms with E-state index in [-0.39, 0.29) is 5.56 Å². The van der Waals surface area contributed by atoms with Crippen LogP contribution in [0.1, 0.15) is 17.9 Å². The standard InChI is InChI=1S/C22H19N7O2/c1-15-24-16(7-6-12-28-14-23-18-9-3-2-8-17(18)22(28)30)13-21(25-15)31-29-20-11-5-4-10-19(20)26-27-29/h2-5,8-11,13-14H,6-7,12H2,1H3. The van der Waals surface area contributed by atoms with Crippen molar-refractivity contribution >= 4 is 21.9 Å². The summed E-state index contributed by atoms with van der Waals surface area (Å²) >= 11 is 0. The van der Waals surface area contributed by atoms with Gasteiger partial charge in [0.05, 0.1) is 17.2 Å².